The average molecular weight is 455 g/mol. The van der Waals surface area contributed by atoms with Crippen molar-refractivity contribution in [1.29, 1.82) is 0 Å². The number of carbonyl (C=O) groups is 1. The Morgan fingerprint density at radius 1 is 1.06 bits per heavy atom. The van der Waals surface area contributed by atoms with E-state index in [0.29, 0.717) is 5.69 Å². The van der Waals surface area contributed by atoms with Crippen molar-refractivity contribution in [2.24, 2.45) is 0 Å². The average Bonchev–Trinajstić information content (AvgIpc) is 2.80. The molecule has 0 aliphatic heterocycles. The third-order valence-corrected chi connectivity index (χ3v) is 6.58. The van der Waals surface area contributed by atoms with Crippen LogP contribution in [0.3, 0.4) is 0 Å². The Balaban J connectivity index is 2.01. The van der Waals surface area contributed by atoms with Crippen LogP contribution in [0.4, 0.5) is 17.1 Å². The molecule has 0 saturated heterocycles. The lowest BCUT2D eigenvalue weighted by Crippen LogP contribution is -2.30. The number of nitrogens with zero attached hydrogens (tertiary/aromatic N) is 2. The number of nitro benzene ring substituents is 1. The van der Waals surface area contributed by atoms with Crippen LogP contribution in [0.25, 0.3) is 0 Å². The molecule has 0 unspecified atom stereocenters. The maximum atomic E-state index is 13.3. The summed E-state index contributed by atoms with van der Waals surface area (Å²) < 4.78 is 33.1. The fourth-order valence-electron chi connectivity index (χ4n) is 3.17. The van der Waals surface area contributed by atoms with Gasteiger partial charge in [0.15, 0.2) is 0 Å². The van der Waals surface area contributed by atoms with Crippen molar-refractivity contribution >= 4 is 33.0 Å². The van der Waals surface area contributed by atoms with Crippen LogP contribution in [0.2, 0.25) is 0 Å². The van der Waals surface area contributed by atoms with Crippen molar-refractivity contribution in [2.45, 2.75) is 11.8 Å². The highest BCUT2D eigenvalue weighted by atomic mass is 32.2. The molecule has 0 spiro atoms. The molecule has 0 aromatic heterocycles. The van der Waals surface area contributed by atoms with Crippen LogP contribution in [0.15, 0.2) is 77.7 Å². The predicted octanol–water partition coefficient (Wildman–Crippen LogP) is 4.07. The third kappa shape index (κ3) is 4.54. The Morgan fingerprint density at radius 2 is 1.72 bits per heavy atom. The van der Waals surface area contributed by atoms with Crippen LogP contribution >= 0.6 is 0 Å². The van der Waals surface area contributed by atoms with Crippen LogP contribution in [-0.4, -0.2) is 32.9 Å². The van der Waals surface area contributed by atoms with E-state index in [2.05, 4.69) is 5.32 Å². The van der Waals surface area contributed by atoms with E-state index in [1.54, 1.807) is 37.3 Å². The number of anilines is 2. The summed E-state index contributed by atoms with van der Waals surface area (Å²) in [5.41, 5.74) is 0.0402. The van der Waals surface area contributed by atoms with Crippen LogP contribution < -0.4 is 14.4 Å². The quantitative estimate of drug-likeness (QED) is 0.404. The zero-order valence-corrected chi connectivity index (χ0v) is 18.2. The Bertz CT molecular complexity index is 1250. The SMILES string of the molecule is CCN(c1ccccc1)S(=O)(=O)c1ccc(OC)c(NC(=O)c2ccccc2[N+](=O)[O-])c1. The molecule has 3 aromatic carbocycles. The van der Waals surface area contributed by atoms with Gasteiger partial charge in [-0.05, 0) is 43.3 Å². The predicted molar refractivity (Wildman–Crippen MR) is 121 cm³/mol. The molecule has 0 saturated carbocycles. The maximum Gasteiger partial charge on any atom is 0.282 e. The molecule has 0 aliphatic rings. The van der Waals surface area contributed by atoms with Gasteiger partial charge in [-0.2, -0.15) is 0 Å². The molecule has 0 radical (unpaired) electrons. The number of ether oxygens (including phenoxy) is 1. The van der Waals surface area contributed by atoms with Crippen molar-refractivity contribution in [2.75, 3.05) is 23.3 Å². The van der Waals surface area contributed by atoms with Crippen molar-refractivity contribution in [3.63, 3.8) is 0 Å². The van der Waals surface area contributed by atoms with E-state index >= 15 is 0 Å². The normalized spacial score (nSPS) is 10.9. The van der Waals surface area contributed by atoms with E-state index in [9.17, 15) is 23.3 Å². The van der Waals surface area contributed by atoms with Gasteiger partial charge in [-0.25, -0.2) is 8.42 Å². The molecule has 0 aliphatic carbocycles. The van der Waals surface area contributed by atoms with Gasteiger partial charge in [-0.3, -0.25) is 19.2 Å². The Hall–Kier alpha value is -3.92. The number of amides is 1. The summed E-state index contributed by atoms with van der Waals surface area (Å²) in [6, 6.07) is 18.2. The van der Waals surface area contributed by atoms with Crippen molar-refractivity contribution in [3.05, 3.63) is 88.5 Å². The number of sulfonamides is 1. The Labute approximate surface area is 185 Å². The molecule has 32 heavy (non-hydrogen) atoms. The van der Waals surface area contributed by atoms with Crippen LogP contribution in [0.1, 0.15) is 17.3 Å². The lowest BCUT2D eigenvalue weighted by atomic mass is 10.1. The second kappa shape index (κ2) is 9.48. The zero-order valence-electron chi connectivity index (χ0n) is 17.4. The van der Waals surface area contributed by atoms with E-state index in [-0.39, 0.29) is 34.1 Å². The number of para-hydroxylation sites is 2. The molecule has 0 bridgehead atoms. The minimum atomic E-state index is -3.96. The van der Waals surface area contributed by atoms with Crippen molar-refractivity contribution < 1.29 is 22.9 Å². The highest BCUT2D eigenvalue weighted by molar-refractivity contribution is 7.92. The molecule has 3 rings (SSSR count). The molecular formula is C22H21N3O6S. The van der Waals surface area contributed by atoms with Gasteiger partial charge in [0.2, 0.25) is 0 Å². The molecular weight excluding hydrogens is 434 g/mol. The number of rotatable bonds is 8. The number of hydrogen-bond acceptors (Lipinski definition) is 6. The first kappa shape index (κ1) is 22.8. The molecule has 1 amide bonds. The van der Waals surface area contributed by atoms with Crippen LogP contribution in [0.5, 0.6) is 5.75 Å². The van der Waals surface area contributed by atoms with E-state index < -0.39 is 20.9 Å². The zero-order chi connectivity index (χ0) is 23.3. The number of nitro groups is 1. The van der Waals surface area contributed by atoms with E-state index in [1.807, 2.05) is 0 Å². The van der Waals surface area contributed by atoms with Gasteiger partial charge in [-0.1, -0.05) is 30.3 Å². The Morgan fingerprint density at radius 3 is 2.34 bits per heavy atom. The second-order valence-electron chi connectivity index (χ2n) is 6.60. The van der Waals surface area contributed by atoms with E-state index in [1.165, 1.54) is 53.9 Å². The van der Waals surface area contributed by atoms with Gasteiger partial charge in [-0.15, -0.1) is 0 Å². The number of nitrogens with one attached hydrogen (secondary N) is 1. The summed E-state index contributed by atoms with van der Waals surface area (Å²) in [6.45, 7) is 1.90. The van der Waals surface area contributed by atoms with Crippen molar-refractivity contribution in [1.82, 2.24) is 0 Å². The van der Waals surface area contributed by atoms with E-state index in [4.69, 9.17) is 4.74 Å². The first-order chi connectivity index (χ1) is 15.3. The first-order valence-electron chi connectivity index (χ1n) is 9.60. The monoisotopic (exact) mass is 455 g/mol. The molecule has 9 nitrogen and oxygen atoms in total. The topological polar surface area (TPSA) is 119 Å². The molecule has 10 heteroatoms. The second-order valence-corrected chi connectivity index (χ2v) is 8.46. The molecule has 0 atom stereocenters. The molecule has 3 aromatic rings. The molecule has 166 valence electrons. The van der Waals surface area contributed by atoms with Gasteiger partial charge >= 0.3 is 0 Å². The summed E-state index contributed by atoms with van der Waals surface area (Å²) in [4.78, 5) is 23.3. The van der Waals surface area contributed by atoms with Crippen molar-refractivity contribution in [3.8, 4) is 5.75 Å². The highest BCUT2D eigenvalue weighted by Crippen LogP contribution is 2.31. The summed E-state index contributed by atoms with van der Waals surface area (Å²) in [7, 11) is -2.59. The van der Waals surface area contributed by atoms with Gasteiger partial charge in [0, 0.05) is 12.6 Å². The summed E-state index contributed by atoms with van der Waals surface area (Å²) in [6.07, 6.45) is 0. The Kier molecular flexibility index (Phi) is 6.74. The summed E-state index contributed by atoms with van der Waals surface area (Å²) in [5.74, 6) is -0.556. The lowest BCUT2D eigenvalue weighted by Gasteiger charge is -2.23. The molecule has 0 heterocycles. The van der Waals surface area contributed by atoms with Gasteiger partial charge < -0.3 is 10.1 Å². The molecule has 1 N–H and O–H groups in total. The van der Waals surface area contributed by atoms with Gasteiger partial charge in [0.05, 0.1) is 28.3 Å². The van der Waals surface area contributed by atoms with Gasteiger partial charge in [0.25, 0.3) is 21.6 Å². The fraction of sp³-hybridized carbons (Fsp3) is 0.136. The van der Waals surface area contributed by atoms with E-state index in [0.717, 1.165) is 0 Å². The lowest BCUT2D eigenvalue weighted by molar-refractivity contribution is -0.385. The number of carbonyl (C=O) groups excluding carboxylic acids is 1. The highest BCUT2D eigenvalue weighted by Gasteiger charge is 2.26. The number of benzene rings is 3. The summed E-state index contributed by atoms with van der Waals surface area (Å²) >= 11 is 0. The first-order valence-corrected chi connectivity index (χ1v) is 11.0. The third-order valence-electron chi connectivity index (χ3n) is 4.68. The minimum absolute atomic E-state index is 0.0677. The largest absolute Gasteiger partial charge is 0.495 e. The molecule has 0 fully saturated rings. The van der Waals surface area contributed by atoms with Gasteiger partial charge in [0.1, 0.15) is 11.3 Å². The van der Waals surface area contributed by atoms with Crippen LogP contribution in [0, 0.1) is 10.1 Å². The maximum absolute atomic E-state index is 13.3. The standard InChI is InChI=1S/C22H21N3O6S/c1-3-24(16-9-5-4-6-10-16)32(29,30)17-13-14-21(31-2)19(15-17)23-22(26)18-11-7-8-12-20(18)25(27)28/h4-15H,3H2,1-2H3,(H,23,26). The summed E-state index contributed by atoms with van der Waals surface area (Å²) in [5, 5.41) is 13.8. The minimum Gasteiger partial charge on any atom is -0.495 e. The van der Waals surface area contributed by atoms with Crippen LogP contribution in [-0.2, 0) is 10.0 Å². The number of hydrogen-bond donors (Lipinski definition) is 1. The fourth-order valence-corrected chi connectivity index (χ4v) is 4.67. The number of methoxy groups -OCH3 is 1. The smallest absolute Gasteiger partial charge is 0.282 e.